The first-order chi connectivity index (χ1) is 0. The standard InChI is InChI=1S/3Ag.7As.3Ga.3In/q3*+1;7*-3;6*+3. The van der Waals surface area contributed by atoms with Crippen molar-refractivity contribution < 1.29 is 67.1 Å². The molecule has 16 heavy (non-hydrogen) atoms. The van der Waals surface area contributed by atoms with E-state index in [0.717, 1.165) is 0 Å². The molecule has 0 atom stereocenters. The first-order valence-electron chi connectivity index (χ1n) is 0. The molecular formula is Ag3As7Ga3In3. The molecule has 0 amide bonds. The quantitative estimate of drug-likeness (QED) is 0.214. The maximum absolute atomic E-state index is 0. The van der Waals surface area contributed by atoms with E-state index in [4.69, 9.17) is 0 Å². The van der Waals surface area contributed by atoms with Gasteiger partial charge in [-0.3, -0.25) is 0 Å². The van der Waals surface area contributed by atoms with Gasteiger partial charge in [0.05, 0.1) is 0 Å². The Morgan fingerprint density at radius 2 is 0.250 bits per heavy atom. The Hall–Kier alpha value is 10.6. The SMILES string of the molecule is [Ag+].[Ag+].[Ag+].[As-3].[As-3].[As-3].[As-3].[As-3].[As-3].[As-3].[Ga+3].[Ga+3].[Ga+3].[In+3].[In+3].[In+3]. The molecule has 0 fully saturated rings. The van der Waals surface area contributed by atoms with Crippen LogP contribution < -0.4 is 0 Å². The molecule has 0 aromatic heterocycles. The van der Waals surface area contributed by atoms with Crippen molar-refractivity contribution in [2.45, 2.75) is 0 Å². The van der Waals surface area contributed by atoms with Crippen LogP contribution in [0.3, 0.4) is 0 Å². The first kappa shape index (κ1) is 155. The molecule has 0 aromatic rings. The van der Waals surface area contributed by atoms with Gasteiger partial charge in [0.15, 0.2) is 0 Å². The molecule has 0 aromatic carbocycles. The topological polar surface area (TPSA) is 0 Å². The summed E-state index contributed by atoms with van der Waals surface area (Å²) in [6.45, 7) is 0. The molecule has 0 aliphatic carbocycles. The Kier molecular flexibility index (Phi) is 1330. The zero-order chi connectivity index (χ0) is 0. The third-order valence-electron chi connectivity index (χ3n) is 0. The summed E-state index contributed by atoms with van der Waals surface area (Å²) in [4.78, 5) is 0. The molecule has 16 heteroatoms. The second kappa shape index (κ2) is 137. The average molecular weight is 1400 g/mol. The Labute approximate surface area is 321 Å². The molecule has 0 saturated heterocycles. The smallest absolute Gasteiger partial charge is 3.00 e. The van der Waals surface area contributed by atoms with E-state index in [-0.39, 0.29) is 330 Å². The molecule has 0 aliphatic heterocycles. The third-order valence-corrected chi connectivity index (χ3v) is 0. The van der Waals surface area contributed by atoms with Gasteiger partial charge in [-0.05, 0) is 0 Å². The summed E-state index contributed by atoms with van der Waals surface area (Å²) < 4.78 is 0. The molecule has 0 spiro atoms. The molecule has 0 saturated carbocycles. The number of hydrogen-bond acceptors (Lipinski definition) is 0. The summed E-state index contributed by atoms with van der Waals surface area (Å²) in [6, 6.07) is 0. The maximum atomic E-state index is 0. The van der Waals surface area contributed by atoms with Crippen LogP contribution in [-0.4, -0.2) is 263 Å². The summed E-state index contributed by atoms with van der Waals surface area (Å²) in [6.07, 6.45) is 0. The van der Waals surface area contributed by atoms with Gasteiger partial charge in [-0.25, -0.2) is 0 Å². The zero-order valence-corrected chi connectivity index (χ0v) is 42.2. The van der Waals surface area contributed by atoms with Crippen molar-refractivity contribution >= 4 is 263 Å². The Balaban J connectivity index is 0. The summed E-state index contributed by atoms with van der Waals surface area (Å²) in [5.74, 6) is 0. The molecule has 0 aliphatic rings. The van der Waals surface area contributed by atoms with Gasteiger partial charge >= 0.3 is 204 Å². The molecule has 0 bridgehead atoms. The van der Waals surface area contributed by atoms with E-state index in [1.807, 2.05) is 0 Å². The van der Waals surface area contributed by atoms with Crippen LogP contribution in [0.25, 0.3) is 0 Å². The van der Waals surface area contributed by atoms with E-state index in [1.54, 1.807) is 0 Å². The minimum atomic E-state index is 0. The van der Waals surface area contributed by atoms with E-state index in [2.05, 4.69) is 0 Å². The summed E-state index contributed by atoms with van der Waals surface area (Å²) in [5.41, 5.74) is 0. The predicted octanol–water partition coefficient (Wildman–Crippen LogP) is -4.96. The summed E-state index contributed by atoms with van der Waals surface area (Å²) in [7, 11) is 0. The van der Waals surface area contributed by atoms with E-state index >= 15 is 0 Å². The maximum Gasteiger partial charge on any atom is 3.00 e. The zero-order valence-electron chi connectivity index (χ0n) is 7.50. The Morgan fingerprint density at radius 3 is 0.250 bits per heavy atom. The van der Waals surface area contributed by atoms with Crippen molar-refractivity contribution in [3.8, 4) is 0 Å². The minimum Gasteiger partial charge on any atom is -3.00 e. The number of rotatable bonds is 0. The van der Waals surface area contributed by atoms with Crippen molar-refractivity contribution in [1.82, 2.24) is 0 Å². The van der Waals surface area contributed by atoms with Crippen molar-refractivity contribution in [2.24, 2.45) is 0 Å². The first-order valence-corrected chi connectivity index (χ1v) is 0. The second-order valence-electron chi connectivity index (χ2n) is 0. The van der Waals surface area contributed by atoms with Gasteiger partial charge < -0.3 is 126 Å². The largest absolute Gasteiger partial charge is 3.00 e. The predicted molar refractivity (Wildman–Crippen MR) is 74.8 cm³/mol. The van der Waals surface area contributed by atoms with Crippen LogP contribution in [0.4, 0.5) is 0 Å². The molecular weight excluding hydrogens is 1400 g/mol. The van der Waals surface area contributed by atoms with Crippen LogP contribution in [0, 0.1) is 0 Å². The molecule has 86 valence electrons. The van der Waals surface area contributed by atoms with Crippen LogP contribution in [0.2, 0.25) is 0 Å². The molecule has 0 rings (SSSR count). The van der Waals surface area contributed by atoms with Crippen LogP contribution in [0.5, 0.6) is 0 Å². The monoisotopic (exact) mass is 1400 g/mol. The van der Waals surface area contributed by atoms with Gasteiger partial charge in [0.1, 0.15) is 0 Å². The van der Waals surface area contributed by atoms with Crippen molar-refractivity contribution in [3.05, 3.63) is 0 Å². The Morgan fingerprint density at radius 1 is 0.250 bits per heavy atom. The molecule has 0 N–H and O–H groups in total. The van der Waals surface area contributed by atoms with Crippen LogP contribution in [0.1, 0.15) is 0 Å². The summed E-state index contributed by atoms with van der Waals surface area (Å²) >= 11 is 0. The van der Waals surface area contributed by atoms with Gasteiger partial charge in [0.2, 0.25) is 0 Å². The van der Waals surface area contributed by atoms with E-state index < -0.39 is 0 Å². The Bertz CT molecular complexity index is 30.1. The van der Waals surface area contributed by atoms with E-state index in [9.17, 15) is 0 Å². The van der Waals surface area contributed by atoms with Crippen LogP contribution in [0.15, 0.2) is 0 Å². The average Bonchev–Trinajstić information content (AvgIpc) is 0. The fourth-order valence-corrected chi connectivity index (χ4v) is 0. The molecule has 0 heterocycles. The fraction of sp³-hybridized carbons (Fsp3) is 0. The van der Waals surface area contributed by atoms with E-state index in [1.165, 1.54) is 0 Å². The van der Waals surface area contributed by atoms with Gasteiger partial charge in [0, 0.05) is 0 Å². The van der Waals surface area contributed by atoms with Gasteiger partial charge in [-0.1, -0.05) is 0 Å². The van der Waals surface area contributed by atoms with Crippen LogP contribution in [-0.2, 0) is 67.1 Å². The van der Waals surface area contributed by atoms with Gasteiger partial charge in [0.25, 0.3) is 0 Å². The normalized spacial score (nSPS) is 0. The van der Waals surface area contributed by atoms with Crippen LogP contribution >= 0.6 is 0 Å². The number of hydrogen-bond donors (Lipinski definition) is 0. The minimum absolute atomic E-state index is 0. The summed E-state index contributed by atoms with van der Waals surface area (Å²) in [5, 5.41) is 0. The third kappa shape index (κ3) is 122. The van der Waals surface area contributed by atoms with Gasteiger partial charge in [-0.15, -0.1) is 0 Å². The van der Waals surface area contributed by atoms with Crippen molar-refractivity contribution in [2.75, 3.05) is 0 Å². The molecule has 0 nitrogen and oxygen atoms in total. The van der Waals surface area contributed by atoms with Crippen molar-refractivity contribution in [1.29, 1.82) is 0 Å². The molecule has 0 radical (unpaired) electrons. The van der Waals surface area contributed by atoms with Gasteiger partial charge in [-0.2, -0.15) is 0 Å². The van der Waals surface area contributed by atoms with Crippen molar-refractivity contribution in [3.63, 3.8) is 0 Å². The molecule has 0 unspecified atom stereocenters. The van der Waals surface area contributed by atoms with E-state index in [0.29, 0.717) is 0 Å². The fourth-order valence-electron chi connectivity index (χ4n) is 0. The second-order valence-corrected chi connectivity index (χ2v) is 0.